The lowest BCUT2D eigenvalue weighted by molar-refractivity contribution is 0.669. The molecule has 0 radical (unpaired) electrons. The third-order valence-corrected chi connectivity index (χ3v) is 14.4. The van der Waals surface area contributed by atoms with Gasteiger partial charge in [-0.25, -0.2) is 15.0 Å². The standard InChI is InChI=1S/C65H38N4O/c1-2-15-40-34-44(29-28-39(40)14-1)63-66-64(68-65(67-63)55-25-13-24-53-48-19-6-5-18-46(48)47-20-7-8-23-52(47)62(53)55)54-33-31-45(38-56(54)43-30-32-51-50-22-10-12-27-60(50)70-61(51)37-43)69-58-26-11-9-21-49(58)57-35-41-16-3-4-17-42(41)36-59(57)69/h1-38H. The van der Waals surface area contributed by atoms with Crippen molar-refractivity contribution in [1.82, 2.24) is 19.5 Å². The number of rotatable bonds is 5. The number of benzene rings is 12. The summed E-state index contributed by atoms with van der Waals surface area (Å²) in [6.07, 6.45) is 0. The highest BCUT2D eigenvalue weighted by Crippen LogP contribution is 2.43. The minimum absolute atomic E-state index is 0.578. The molecule has 0 amide bonds. The van der Waals surface area contributed by atoms with Crippen molar-refractivity contribution in [3.8, 4) is 51.0 Å². The van der Waals surface area contributed by atoms with E-state index in [9.17, 15) is 0 Å². The van der Waals surface area contributed by atoms with Crippen LogP contribution < -0.4 is 0 Å². The maximum atomic E-state index is 6.57. The predicted octanol–water partition coefficient (Wildman–Crippen LogP) is 17.3. The molecule has 0 aliphatic carbocycles. The fourth-order valence-corrected chi connectivity index (χ4v) is 11.1. The second-order valence-corrected chi connectivity index (χ2v) is 18.3. The van der Waals surface area contributed by atoms with Crippen molar-refractivity contribution in [2.75, 3.05) is 0 Å². The van der Waals surface area contributed by atoms with Crippen LogP contribution in [0.15, 0.2) is 235 Å². The van der Waals surface area contributed by atoms with E-state index in [0.717, 1.165) is 93.4 Å². The van der Waals surface area contributed by atoms with Crippen molar-refractivity contribution in [3.05, 3.63) is 231 Å². The second-order valence-electron chi connectivity index (χ2n) is 18.3. The molecule has 70 heavy (non-hydrogen) atoms. The molecule has 0 aliphatic heterocycles. The fraction of sp³-hybridized carbons (Fsp3) is 0. The molecule has 0 spiro atoms. The van der Waals surface area contributed by atoms with Gasteiger partial charge in [-0.15, -0.1) is 0 Å². The quantitative estimate of drug-likeness (QED) is 0.162. The molecule has 0 N–H and O–H groups in total. The lowest BCUT2D eigenvalue weighted by Crippen LogP contribution is -2.03. The first kappa shape index (κ1) is 38.6. The number of aromatic nitrogens is 4. The van der Waals surface area contributed by atoms with Crippen LogP contribution in [-0.2, 0) is 0 Å². The summed E-state index contributed by atoms with van der Waals surface area (Å²) >= 11 is 0. The van der Waals surface area contributed by atoms with Crippen molar-refractivity contribution in [1.29, 1.82) is 0 Å². The minimum Gasteiger partial charge on any atom is -0.456 e. The van der Waals surface area contributed by atoms with Gasteiger partial charge in [0.25, 0.3) is 0 Å². The Morgan fingerprint density at radius 2 is 0.857 bits per heavy atom. The highest BCUT2D eigenvalue weighted by Gasteiger charge is 2.22. The molecule has 12 aromatic carbocycles. The fourth-order valence-electron chi connectivity index (χ4n) is 11.1. The second kappa shape index (κ2) is 15.0. The number of para-hydroxylation sites is 2. The largest absolute Gasteiger partial charge is 0.456 e. The van der Waals surface area contributed by atoms with Gasteiger partial charge in [-0.2, -0.15) is 0 Å². The number of hydrogen-bond donors (Lipinski definition) is 0. The Labute approximate surface area is 401 Å². The molecule has 15 rings (SSSR count). The van der Waals surface area contributed by atoms with Crippen LogP contribution in [0.4, 0.5) is 0 Å². The van der Waals surface area contributed by atoms with Gasteiger partial charge in [-0.3, -0.25) is 0 Å². The third kappa shape index (κ3) is 5.88. The third-order valence-electron chi connectivity index (χ3n) is 14.4. The summed E-state index contributed by atoms with van der Waals surface area (Å²) in [6.45, 7) is 0. The lowest BCUT2D eigenvalue weighted by Gasteiger charge is -2.17. The maximum absolute atomic E-state index is 6.57. The summed E-state index contributed by atoms with van der Waals surface area (Å²) in [7, 11) is 0. The summed E-state index contributed by atoms with van der Waals surface area (Å²) in [5.74, 6) is 1.79. The highest BCUT2D eigenvalue weighted by molar-refractivity contribution is 6.28. The van der Waals surface area contributed by atoms with Gasteiger partial charge in [0.1, 0.15) is 11.2 Å². The molecule has 3 heterocycles. The zero-order valence-corrected chi connectivity index (χ0v) is 37.6. The van der Waals surface area contributed by atoms with Gasteiger partial charge in [0.15, 0.2) is 17.5 Å². The van der Waals surface area contributed by atoms with Crippen LogP contribution in [-0.4, -0.2) is 19.5 Å². The topological polar surface area (TPSA) is 56.7 Å². The monoisotopic (exact) mass is 890 g/mol. The molecule has 15 aromatic rings. The van der Waals surface area contributed by atoms with E-state index >= 15 is 0 Å². The van der Waals surface area contributed by atoms with E-state index in [4.69, 9.17) is 19.4 Å². The van der Waals surface area contributed by atoms with Crippen LogP contribution in [0.5, 0.6) is 0 Å². The van der Waals surface area contributed by atoms with Gasteiger partial charge in [-0.1, -0.05) is 170 Å². The van der Waals surface area contributed by atoms with Crippen molar-refractivity contribution in [2.24, 2.45) is 0 Å². The molecule has 0 unspecified atom stereocenters. The highest BCUT2D eigenvalue weighted by atomic mass is 16.3. The van der Waals surface area contributed by atoms with E-state index in [0.29, 0.717) is 17.5 Å². The summed E-state index contributed by atoms with van der Waals surface area (Å²) in [5, 5.41) is 16.3. The van der Waals surface area contributed by atoms with Crippen molar-refractivity contribution < 1.29 is 4.42 Å². The summed E-state index contributed by atoms with van der Waals surface area (Å²) in [6, 6.07) is 82.3. The number of fused-ring (bicyclic) bond motifs is 14. The van der Waals surface area contributed by atoms with Crippen molar-refractivity contribution in [3.63, 3.8) is 0 Å². The Hall–Kier alpha value is -9.45. The van der Waals surface area contributed by atoms with E-state index in [1.807, 2.05) is 12.1 Å². The number of furan rings is 1. The molecule has 0 saturated carbocycles. The molecule has 0 bridgehead atoms. The van der Waals surface area contributed by atoms with Crippen LogP contribution >= 0.6 is 0 Å². The van der Waals surface area contributed by atoms with Crippen LogP contribution in [0.3, 0.4) is 0 Å². The molecule has 3 aromatic heterocycles. The van der Waals surface area contributed by atoms with Crippen LogP contribution in [0.25, 0.3) is 149 Å². The van der Waals surface area contributed by atoms with E-state index in [2.05, 4.69) is 223 Å². The Kier molecular flexibility index (Phi) is 8.29. The van der Waals surface area contributed by atoms with Gasteiger partial charge < -0.3 is 8.98 Å². The first-order valence-electron chi connectivity index (χ1n) is 23.7. The van der Waals surface area contributed by atoms with E-state index in [-0.39, 0.29) is 0 Å². The Morgan fingerprint density at radius 1 is 0.286 bits per heavy atom. The van der Waals surface area contributed by atoms with Crippen LogP contribution in [0, 0.1) is 0 Å². The van der Waals surface area contributed by atoms with Crippen LogP contribution in [0.1, 0.15) is 0 Å². The van der Waals surface area contributed by atoms with Gasteiger partial charge in [0.05, 0.1) is 11.0 Å². The molecular formula is C65H38N4O. The molecular weight excluding hydrogens is 853 g/mol. The summed E-state index contributed by atoms with van der Waals surface area (Å²) in [4.78, 5) is 16.4. The SMILES string of the molecule is c1ccc2cc(-c3nc(-c4ccc(-n5c6ccccc6c6cc7ccccc7cc65)cc4-c4ccc5c(c4)oc4ccccc45)nc(-c4cccc5c6ccccc6c6ccccc6c45)n3)ccc2c1. The maximum Gasteiger partial charge on any atom is 0.164 e. The normalized spacial score (nSPS) is 12.0. The lowest BCUT2D eigenvalue weighted by atomic mass is 9.91. The van der Waals surface area contributed by atoms with Crippen molar-refractivity contribution >= 4 is 97.6 Å². The Bertz CT molecular complexity index is 4630. The van der Waals surface area contributed by atoms with E-state index in [1.165, 1.54) is 37.7 Å². The molecule has 5 nitrogen and oxygen atoms in total. The van der Waals surface area contributed by atoms with Gasteiger partial charge in [0.2, 0.25) is 0 Å². The van der Waals surface area contributed by atoms with Gasteiger partial charge in [-0.05, 0) is 120 Å². The summed E-state index contributed by atoms with van der Waals surface area (Å²) in [5.41, 5.74) is 9.70. The molecule has 324 valence electrons. The molecule has 5 heteroatoms. The number of hydrogen-bond acceptors (Lipinski definition) is 4. The average molecular weight is 891 g/mol. The first-order valence-corrected chi connectivity index (χ1v) is 23.7. The molecule has 0 aliphatic rings. The molecule has 0 saturated heterocycles. The zero-order chi connectivity index (χ0) is 45.9. The Morgan fingerprint density at radius 3 is 1.64 bits per heavy atom. The number of nitrogens with zero attached hydrogens (tertiary/aromatic N) is 4. The smallest absolute Gasteiger partial charge is 0.164 e. The average Bonchev–Trinajstić information content (AvgIpc) is 3.96. The van der Waals surface area contributed by atoms with Gasteiger partial charge in [0, 0.05) is 49.3 Å². The molecule has 0 fully saturated rings. The minimum atomic E-state index is 0.578. The van der Waals surface area contributed by atoms with E-state index in [1.54, 1.807) is 0 Å². The molecule has 0 atom stereocenters. The summed E-state index contributed by atoms with van der Waals surface area (Å²) < 4.78 is 8.97. The van der Waals surface area contributed by atoms with Crippen LogP contribution in [0.2, 0.25) is 0 Å². The zero-order valence-electron chi connectivity index (χ0n) is 37.6. The Balaban J connectivity index is 1.03. The van der Waals surface area contributed by atoms with Crippen molar-refractivity contribution in [2.45, 2.75) is 0 Å². The first-order chi connectivity index (χ1) is 34.7. The van der Waals surface area contributed by atoms with E-state index < -0.39 is 0 Å². The van der Waals surface area contributed by atoms with Gasteiger partial charge >= 0.3 is 0 Å². The predicted molar refractivity (Wildman–Crippen MR) is 291 cm³/mol.